The zero-order valence-corrected chi connectivity index (χ0v) is 11.9. The van der Waals surface area contributed by atoms with Gasteiger partial charge in [-0.15, -0.1) is 0 Å². The molecule has 1 aromatic carbocycles. The van der Waals surface area contributed by atoms with Gasteiger partial charge < -0.3 is 15.4 Å². The number of hydrogen-bond donors (Lipinski definition) is 2. The lowest BCUT2D eigenvalue weighted by molar-refractivity contribution is 0.380. The van der Waals surface area contributed by atoms with E-state index in [0.29, 0.717) is 23.4 Å². The van der Waals surface area contributed by atoms with Crippen LogP contribution in [0.4, 0.5) is 5.82 Å². The number of nitrogens with one attached hydrogen (secondary N) is 2. The molecule has 1 aromatic heterocycles. The molecule has 0 spiro atoms. The van der Waals surface area contributed by atoms with Crippen LogP contribution in [0.25, 0.3) is 0 Å². The highest BCUT2D eigenvalue weighted by molar-refractivity contribution is 6.32. The average Bonchev–Trinajstić information content (AvgIpc) is 2.94. The molecule has 2 aromatic rings. The third-order valence-electron chi connectivity index (χ3n) is 3.27. The number of ether oxygens (including phenoxy) is 1. The van der Waals surface area contributed by atoms with Gasteiger partial charge in [0, 0.05) is 19.6 Å². The largest absolute Gasteiger partial charge is 0.467 e. The summed E-state index contributed by atoms with van der Waals surface area (Å²) in [6, 6.07) is 6.78. The molecule has 2 N–H and O–H groups in total. The maximum absolute atomic E-state index is 6.06. The van der Waals surface area contributed by atoms with E-state index in [0.717, 1.165) is 13.1 Å². The fourth-order valence-electron chi connectivity index (χ4n) is 2.22. The van der Waals surface area contributed by atoms with Gasteiger partial charge in [0.25, 0.3) is 0 Å². The monoisotopic (exact) mass is 290 g/mol. The van der Waals surface area contributed by atoms with Crippen LogP contribution in [0.5, 0.6) is 6.01 Å². The summed E-state index contributed by atoms with van der Waals surface area (Å²) in [7, 11) is 1.53. The molecule has 0 aliphatic carbocycles. The number of nitrogens with zero attached hydrogens (tertiary/aromatic N) is 2. The molecule has 104 valence electrons. The standard InChI is InChI=1S/C14H15ClN4O/c1-20-14-18-8-12(15)13(19-14)17-5-9-2-3-10-6-16-7-11(10)4-9/h2-4,8,16H,5-7H2,1H3,(H,17,18,19). The Morgan fingerprint density at radius 3 is 3.05 bits per heavy atom. The lowest BCUT2D eigenvalue weighted by Crippen LogP contribution is -2.04. The van der Waals surface area contributed by atoms with E-state index < -0.39 is 0 Å². The first-order valence-corrected chi connectivity index (χ1v) is 6.76. The van der Waals surface area contributed by atoms with Gasteiger partial charge in [0.2, 0.25) is 0 Å². The third kappa shape index (κ3) is 2.69. The SMILES string of the molecule is COc1ncc(Cl)c(NCc2ccc3c(c2)CNC3)n1. The molecule has 3 rings (SSSR count). The van der Waals surface area contributed by atoms with Crippen LogP contribution in [0.3, 0.4) is 0 Å². The van der Waals surface area contributed by atoms with Gasteiger partial charge in [-0.1, -0.05) is 29.8 Å². The maximum Gasteiger partial charge on any atom is 0.318 e. The van der Waals surface area contributed by atoms with E-state index in [1.54, 1.807) is 0 Å². The molecule has 20 heavy (non-hydrogen) atoms. The highest BCUT2D eigenvalue weighted by Crippen LogP contribution is 2.22. The van der Waals surface area contributed by atoms with E-state index in [-0.39, 0.29) is 0 Å². The molecule has 2 heterocycles. The molecule has 0 saturated heterocycles. The first kappa shape index (κ1) is 13.1. The molecule has 1 aliphatic heterocycles. The number of benzene rings is 1. The van der Waals surface area contributed by atoms with E-state index in [4.69, 9.17) is 16.3 Å². The number of fused-ring (bicyclic) bond motifs is 1. The Labute approximate surface area is 122 Å². The van der Waals surface area contributed by atoms with Crippen molar-refractivity contribution in [1.29, 1.82) is 0 Å². The lowest BCUT2D eigenvalue weighted by Gasteiger charge is -2.09. The predicted octanol–water partition coefficient (Wildman–Crippen LogP) is 2.35. The third-order valence-corrected chi connectivity index (χ3v) is 3.54. The molecule has 0 radical (unpaired) electrons. The molecule has 0 atom stereocenters. The number of rotatable bonds is 4. The molecular weight excluding hydrogens is 276 g/mol. The summed E-state index contributed by atoms with van der Waals surface area (Å²) in [6.45, 7) is 2.55. The van der Waals surface area contributed by atoms with Crippen molar-refractivity contribution < 1.29 is 4.74 Å². The second-order valence-corrected chi connectivity index (χ2v) is 5.02. The number of methoxy groups -OCH3 is 1. The minimum atomic E-state index is 0.301. The number of aromatic nitrogens is 2. The molecule has 0 saturated carbocycles. The van der Waals surface area contributed by atoms with Gasteiger partial charge in [-0.25, -0.2) is 4.98 Å². The van der Waals surface area contributed by atoms with Crippen LogP contribution in [0.15, 0.2) is 24.4 Å². The zero-order chi connectivity index (χ0) is 13.9. The van der Waals surface area contributed by atoms with E-state index >= 15 is 0 Å². The van der Waals surface area contributed by atoms with Crippen molar-refractivity contribution >= 4 is 17.4 Å². The van der Waals surface area contributed by atoms with Gasteiger partial charge in [0.1, 0.15) is 5.02 Å². The molecule has 5 nitrogen and oxygen atoms in total. The van der Waals surface area contributed by atoms with Crippen LogP contribution in [0, 0.1) is 0 Å². The van der Waals surface area contributed by atoms with Crippen LogP contribution in [0.2, 0.25) is 5.02 Å². The maximum atomic E-state index is 6.06. The fraction of sp³-hybridized carbons (Fsp3) is 0.286. The van der Waals surface area contributed by atoms with Crippen LogP contribution in [-0.2, 0) is 19.6 Å². The van der Waals surface area contributed by atoms with E-state index in [9.17, 15) is 0 Å². The average molecular weight is 291 g/mol. The Morgan fingerprint density at radius 2 is 2.20 bits per heavy atom. The van der Waals surface area contributed by atoms with Gasteiger partial charge in [-0.3, -0.25) is 0 Å². The summed E-state index contributed by atoms with van der Waals surface area (Å²) in [6.07, 6.45) is 1.53. The molecule has 0 bridgehead atoms. The summed E-state index contributed by atoms with van der Waals surface area (Å²) in [4.78, 5) is 8.14. The second-order valence-electron chi connectivity index (χ2n) is 4.61. The minimum Gasteiger partial charge on any atom is -0.467 e. The summed E-state index contributed by atoms with van der Waals surface area (Å²) in [5, 5.41) is 7.03. The Hall–Kier alpha value is -1.85. The van der Waals surface area contributed by atoms with Gasteiger partial charge in [-0.05, 0) is 16.7 Å². The van der Waals surface area contributed by atoms with Crippen LogP contribution in [-0.4, -0.2) is 17.1 Å². The normalized spacial score (nSPS) is 13.1. The quantitative estimate of drug-likeness (QED) is 0.905. The topological polar surface area (TPSA) is 59.1 Å². The van der Waals surface area contributed by atoms with Crippen LogP contribution in [0.1, 0.15) is 16.7 Å². The Kier molecular flexibility index (Phi) is 3.71. The van der Waals surface area contributed by atoms with Crippen LogP contribution < -0.4 is 15.4 Å². The fourth-order valence-corrected chi connectivity index (χ4v) is 2.38. The van der Waals surface area contributed by atoms with Crippen molar-refractivity contribution in [3.8, 4) is 6.01 Å². The van der Waals surface area contributed by atoms with Gasteiger partial charge in [0.05, 0.1) is 13.3 Å². The minimum absolute atomic E-state index is 0.301. The van der Waals surface area contributed by atoms with Crippen molar-refractivity contribution in [2.24, 2.45) is 0 Å². The van der Waals surface area contributed by atoms with Crippen molar-refractivity contribution in [1.82, 2.24) is 15.3 Å². The lowest BCUT2D eigenvalue weighted by atomic mass is 10.1. The molecule has 0 unspecified atom stereocenters. The highest BCUT2D eigenvalue weighted by Gasteiger charge is 2.10. The Balaban J connectivity index is 1.73. The number of hydrogen-bond acceptors (Lipinski definition) is 5. The Bertz CT molecular complexity index is 633. The van der Waals surface area contributed by atoms with Gasteiger partial charge in [0.15, 0.2) is 5.82 Å². The van der Waals surface area contributed by atoms with Crippen molar-refractivity contribution in [2.75, 3.05) is 12.4 Å². The predicted molar refractivity (Wildman–Crippen MR) is 77.9 cm³/mol. The van der Waals surface area contributed by atoms with E-state index in [1.807, 2.05) is 0 Å². The van der Waals surface area contributed by atoms with Gasteiger partial charge in [-0.2, -0.15) is 4.98 Å². The smallest absolute Gasteiger partial charge is 0.318 e. The molecule has 6 heteroatoms. The van der Waals surface area contributed by atoms with Crippen molar-refractivity contribution in [2.45, 2.75) is 19.6 Å². The zero-order valence-electron chi connectivity index (χ0n) is 11.1. The summed E-state index contributed by atoms with van der Waals surface area (Å²) in [5.41, 5.74) is 3.92. The van der Waals surface area contributed by atoms with Crippen molar-refractivity contribution in [3.05, 3.63) is 46.1 Å². The molecule has 0 amide bonds. The first-order valence-electron chi connectivity index (χ1n) is 6.38. The van der Waals surface area contributed by atoms with Crippen molar-refractivity contribution in [3.63, 3.8) is 0 Å². The molecular formula is C14H15ClN4O. The number of anilines is 1. The summed E-state index contributed by atoms with van der Waals surface area (Å²) in [5.74, 6) is 0.581. The van der Waals surface area contributed by atoms with E-state index in [1.165, 1.54) is 30.0 Å². The highest BCUT2D eigenvalue weighted by atomic mass is 35.5. The summed E-state index contributed by atoms with van der Waals surface area (Å²) < 4.78 is 4.99. The Morgan fingerprint density at radius 1 is 1.35 bits per heavy atom. The summed E-state index contributed by atoms with van der Waals surface area (Å²) >= 11 is 6.06. The number of halogens is 1. The van der Waals surface area contributed by atoms with E-state index in [2.05, 4.69) is 38.8 Å². The molecule has 0 fully saturated rings. The van der Waals surface area contributed by atoms with Gasteiger partial charge >= 0.3 is 6.01 Å². The second kappa shape index (κ2) is 5.64. The first-order chi connectivity index (χ1) is 9.76. The molecule has 1 aliphatic rings. The van der Waals surface area contributed by atoms with Crippen LogP contribution >= 0.6 is 11.6 Å².